The smallest absolute Gasteiger partial charge is 0.257 e. The first-order valence-electron chi connectivity index (χ1n) is 10.9. The van der Waals surface area contributed by atoms with Gasteiger partial charge in [0.05, 0.1) is 18.8 Å². The van der Waals surface area contributed by atoms with E-state index in [9.17, 15) is 9.59 Å². The number of aryl methyl sites for hydroxylation is 2. The number of carbonyl (C=O) groups is 2. The fraction of sp³-hybridized carbons (Fsp3) is 0.308. The fourth-order valence-corrected chi connectivity index (χ4v) is 5.18. The van der Waals surface area contributed by atoms with Crippen molar-refractivity contribution in [3.05, 3.63) is 76.9 Å². The van der Waals surface area contributed by atoms with E-state index < -0.39 is 0 Å². The number of thiophene rings is 1. The van der Waals surface area contributed by atoms with Gasteiger partial charge in [-0.05, 0) is 37.0 Å². The van der Waals surface area contributed by atoms with Gasteiger partial charge in [0, 0.05) is 24.4 Å². The molecule has 32 heavy (non-hydrogen) atoms. The van der Waals surface area contributed by atoms with Crippen LogP contribution in [0.5, 0.6) is 0 Å². The quantitative estimate of drug-likeness (QED) is 0.572. The minimum absolute atomic E-state index is 0.0433. The number of carbonyl (C=O) groups excluding carboxylic acids is 2. The molecule has 1 saturated heterocycles. The molecular weight excluding hydrogens is 420 g/mol. The zero-order valence-electron chi connectivity index (χ0n) is 18.5. The minimum atomic E-state index is -0.0802. The molecule has 1 aliphatic heterocycles. The lowest BCUT2D eigenvalue weighted by atomic mass is 10.1. The number of nitrogens with zero attached hydrogens (tertiary/aromatic N) is 1. The Hall–Kier alpha value is -2.96. The van der Waals surface area contributed by atoms with Gasteiger partial charge in [-0.1, -0.05) is 60.2 Å². The molecule has 5 nitrogen and oxygen atoms in total. The summed E-state index contributed by atoms with van der Waals surface area (Å²) in [5, 5.41) is 3.68. The highest BCUT2D eigenvalue weighted by atomic mass is 32.1. The number of morpholine rings is 1. The van der Waals surface area contributed by atoms with Crippen LogP contribution in [0.3, 0.4) is 0 Å². The zero-order valence-corrected chi connectivity index (χ0v) is 19.3. The summed E-state index contributed by atoms with van der Waals surface area (Å²) < 4.78 is 5.41. The molecule has 1 aromatic heterocycles. The molecule has 4 rings (SSSR count). The third kappa shape index (κ3) is 5.09. The van der Waals surface area contributed by atoms with E-state index in [2.05, 4.69) is 11.4 Å². The molecule has 6 heteroatoms. The van der Waals surface area contributed by atoms with E-state index in [1.54, 1.807) is 0 Å². The Balaban J connectivity index is 1.59. The van der Waals surface area contributed by atoms with Crippen molar-refractivity contribution in [2.75, 3.05) is 31.6 Å². The normalized spacial score (nSPS) is 13.8. The Morgan fingerprint density at radius 1 is 1.03 bits per heavy atom. The van der Waals surface area contributed by atoms with Crippen molar-refractivity contribution in [2.45, 2.75) is 26.7 Å². The molecular formula is C26H28N2O3S. The van der Waals surface area contributed by atoms with Gasteiger partial charge < -0.3 is 15.0 Å². The van der Waals surface area contributed by atoms with Crippen LogP contribution < -0.4 is 5.32 Å². The van der Waals surface area contributed by atoms with Crippen molar-refractivity contribution in [3.8, 4) is 10.4 Å². The molecule has 3 aromatic rings. The molecule has 0 spiro atoms. The van der Waals surface area contributed by atoms with Gasteiger partial charge in [-0.25, -0.2) is 0 Å². The summed E-state index contributed by atoms with van der Waals surface area (Å²) in [6.07, 6.45) is 1.03. The van der Waals surface area contributed by atoms with Gasteiger partial charge in [0.2, 0.25) is 5.91 Å². The Labute approximate surface area is 193 Å². The lowest BCUT2D eigenvalue weighted by Gasteiger charge is -2.27. The summed E-state index contributed by atoms with van der Waals surface area (Å²) in [7, 11) is 0. The first-order chi connectivity index (χ1) is 15.5. The highest BCUT2D eigenvalue weighted by molar-refractivity contribution is 7.20. The maximum absolute atomic E-state index is 13.4. The van der Waals surface area contributed by atoms with E-state index in [-0.39, 0.29) is 11.8 Å². The fourth-order valence-electron chi connectivity index (χ4n) is 3.96. The first kappa shape index (κ1) is 22.2. The number of nitrogens with one attached hydrogen (secondary N) is 1. The van der Waals surface area contributed by atoms with E-state index >= 15 is 0 Å². The molecule has 0 unspecified atom stereocenters. The van der Waals surface area contributed by atoms with E-state index in [1.807, 2.05) is 67.3 Å². The summed E-state index contributed by atoms with van der Waals surface area (Å²) in [5.41, 5.74) is 4.87. The van der Waals surface area contributed by atoms with Crippen LogP contribution in [-0.4, -0.2) is 43.0 Å². The van der Waals surface area contributed by atoms with Crippen LogP contribution in [0.2, 0.25) is 0 Å². The Bertz CT molecular complexity index is 1100. The number of hydrogen-bond acceptors (Lipinski definition) is 4. The van der Waals surface area contributed by atoms with Gasteiger partial charge in [-0.3, -0.25) is 9.59 Å². The SMILES string of the molecule is Cc1cccc(CCC(=O)Nc2sc(-c3ccccc3)c(C)c2C(=O)N2CCOCC2)c1. The zero-order chi connectivity index (χ0) is 22.5. The largest absolute Gasteiger partial charge is 0.378 e. The topological polar surface area (TPSA) is 58.6 Å². The third-order valence-electron chi connectivity index (χ3n) is 5.67. The average Bonchev–Trinajstić information content (AvgIpc) is 3.14. The molecule has 1 aliphatic rings. The standard InChI is InChI=1S/C26H28N2O3S/c1-18-7-6-8-20(17-18)11-12-22(29)27-25-23(26(30)28-13-15-31-16-14-28)19(2)24(32-25)21-9-4-3-5-10-21/h3-10,17H,11-16H2,1-2H3,(H,27,29). The van der Waals surface area contributed by atoms with Crippen molar-refractivity contribution in [3.63, 3.8) is 0 Å². The van der Waals surface area contributed by atoms with Gasteiger partial charge in [0.15, 0.2) is 0 Å². The summed E-state index contributed by atoms with van der Waals surface area (Å²) in [6.45, 7) is 6.23. The van der Waals surface area contributed by atoms with Crippen molar-refractivity contribution >= 4 is 28.2 Å². The molecule has 0 saturated carbocycles. The van der Waals surface area contributed by atoms with Gasteiger partial charge in [0.25, 0.3) is 5.91 Å². The number of hydrogen-bond donors (Lipinski definition) is 1. The Morgan fingerprint density at radius 3 is 2.50 bits per heavy atom. The predicted octanol–water partition coefficient (Wildman–Crippen LogP) is 5.08. The number of rotatable bonds is 6. The maximum atomic E-state index is 13.4. The molecule has 166 valence electrons. The van der Waals surface area contributed by atoms with E-state index in [0.717, 1.165) is 21.6 Å². The van der Waals surface area contributed by atoms with Crippen LogP contribution in [0.1, 0.15) is 33.5 Å². The number of ether oxygens (including phenoxy) is 1. The maximum Gasteiger partial charge on any atom is 0.257 e. The highest BCUT2D eigenvalue weighted by Crippen LogP contribution is 2.40. The number of amides is 2. The van der Waals surface area contributed by atoms with Crippen LogP contribution in [0.15, 0.2) is 54.6 Å². The molecule has 0 radical (unpaired) electrons. The summed E-state index contributed by atoms with van der Waals surface area (Å²) in [6, 6.07) is 18.2. The van der Waals surface area contributed by atoms with Gasteiger partial charge in [0.1, 0.15) is 5.00 Å². The molecule has 0 atom stereocenters. The van der Waals surface area contributed by atoms with Crippen LogP contribution in [0.4, 0.5) is 5.00 Å². The van der Waals surface area contributed by atoms with Gasteiger partial charge in [-0.15, -0.1) is 11.3 Å². The average molecular weight is 449 g/mol. The number of benzene rings is 2. The van der Waals surface area contributed by atoms with Crippen molar-refractivity contribution in [1.82, 2.24) is 4.90 Å². The second-order valence-corrected chi connectivity index (χ2v) is 9.09. The summed E-state index contributed by atoms with van der Waals surface area (Å²) in [5.74, 6) is -0.124. The van der Waals surface area contributed by atoms with Crippen LogP contribution in [0.25, 0.3) is 10.4 Å². The van der Waals surface area contributed by atoms with E-state index in [0.29, 0.717) is 49.7 Å². The summed E-state index contributed by atoms with van der Waals surface area (Å²) >= 11 is 1.47. The van der Waals surface area contributed by atoms with Crippen molar-refractivity contribution in [1.29, 1.82) is 0 Å². The van der Waals surface area contributed by atoms with Crippen molar-refractivity contribution < 1.29 is 14.3 Å². The monoisotopic (exact) mass is 448 g/mol. The molecule has 0 bridgehead atoms. The van der Waals surface area contributed by atoms with Crippen LogP contribution in [0, 0.1) is 13.8 Å². The van der Waals surface area contributed by atoms with Gasteiger partial charge >= 0.3 is 0 Å². The molecule has 2 heterocycles. The molecule has 1 N–H and O–H groups in total. The summed E-state index contributed by atoms with van der Waals surface area (Å²) in [4.78, 5) is 29.1. The first-order valence-corrected chi connectivity index (χ1v) is 11.8. The van der Waals surface area contributed by atoms with E-state index in [1.165, 1.54) is 16.9 Å². The lowest BCUT2D eigenvalue weighted by Crippen LogP contribution is -2.41. The molecule has 1 fully saturated rings. The van der Waals surface area contributed by atoms with Gasteiger partial charge in [-0.2, -0.15) is 0 Å². The molecule has 0 aliphatic carbocycles. The number of anilines is 1. The van der Waals surface area contributed by atoms with Crippen LogP contribution >= 0.6 is 11.3 Å². The second kappa shape index (κ2) is 10.1. The Morgan fingerprint density at radius 2 is 1.78 bits per heavy atom. The lowest BCUT2D eigenvalue weighted by molar-refractivity contribution is -0.116. The predicted molar refractivity (Wildman–Crippen MR) is 129 cm³/mol. The van der Waals surface area contributed by atoms with E-state index in [4.69, 9.17) is 4.74 Å². The third-order valence-corrected chi connectivity index (χ3v) is 6.93. The minimum Gasteiger partial charge on any atom is -0.378 e. The molecule has 2 aromatic carbocycles. The Kier molecular flexibility index (Phi) is 7.02. The van der Waals surface area contributed by atoms with Crippen LogP contribution in [-0.2, 0) is 16.0 Å². The molecule has 2 amide bonds. The highest BCUT2D eigenvalue weighted by Gasteiger charge is 2.27. The second-order valence-electron chi connectivity index (χ2n) is 8.07. The van der Waals surface area contributed by atoms with Crippen molar-refractivity contribution in [2.24, 2.45) is 0 Å².